The lowest BCUT2D eigenvalue weighted by molar-refractivity contribution is 1.98. The minimum atomic E-state index is 1.36. The Balaban J connectivity index is 1.58. The molecule has 0 atom stereocenters. The maximum Gasteiger partial charge on any atom is 0.0455 e. The van der Waals surface area contributed by atoms with Gasteiger partial charge in [0.15, 0.2) is 0 Å². The van der Waals surface area contributed by atoms with Crippen LogP contribution in [0.1, 0.15) is 0 Å². The van der Waals surface area contributed by atoms with Gasteiger partial charge in [-0.05, 0) is 80.8 Å². The molecule has 6 rings (SSSR count). The summed E-state index contributed by atoms with van der Waals surface area (Å²) in [5, 5.41) is 9.79. The first-order valence-electron chi connectivity index (χ1n) is 7.65. The Hall–Kier alpha value is -1.72. The van der Waals surface area contributed by atoms with E-state index in [2.05, 4.69) is 59.3 Å². The van der Waals surface area contributed by atoms with E-state index in [1.165, 1.54) is 50.1 Å². The summed E-state index contributed by atoms with van der Waals surface area (Å²) in [7, 11) is 0. The molecule has 0 N–H and O–H groups in total. The third kappa shape index (κ3) is 1.94. The van der Waals surface area contributed by atoms with Crippen molar-refractivity contribution in [1.82, 2.24) is 0 Å². The van der Waals surface area contributed by atoms with Gasteiger partial charge in [0.05, 0.1) is 0 Å². The Morgan fingerprint density at radius 3 is 1.42 bits per heavy atom. The highest BCUT2D eigenvalue weighted by atomic mass is 32.1. The van der Waals surface area contributed by atoms with Gasteiger partial charge in [-0.3, -0.25) is 0 Å². The molecule has 0 amide bonds. The second kappa shape index (κ2) is 4.90. The standard InChI is InChI=1S/C20H10S4/c1-3-21-15-7-13-9-19(23-17(13)5-11(1)15)20-10-14-8-16-12(2-4-22-16)6-18(14)24-20/h1-10H. The third-order valence-corrected chi connectivity index (χ3v) is 8.58. The summed E-state index contributed by atoms with van der Waals surface area (Å²) < 4.78 is 5.52. The highest BCUT2D eigenvalue weighted by Gasteiger charge is 2.10. The van der Waals surface area contributed by atoms with E-state index in [9.17, 15) is 0 Å². The van der Waals surface area contributed by atoms with Crippen LogP contribution in [0, 0.1) is 0 Å². The second-order valence-corrected chi connectivity index (χ2v) is 9.98. The molecule has 0 saturated heterocycles. The van der Waals surface area contributed by atoms with E-state index in [1.54, 1.807) is 0 Å². The van der Waals surface area contributed by atoms with Crippen molar-refractivity contribution in [2.24, 2.45) is 0 Å². The zero-order valence-corrected chi connectivity index (χ0v) is 15.7. The van der Waals surface area contributed by atoms with Crippen LogP contribution >= 0.6 is 45.3 Å². The molecule has 2 aromatic carbocycles. The molecule has 0 aliphatic carbocycles. The molecule has 0 unspecified atom stereocenters. The number of fused-ring (bicyclic) bond motifs is 4. The lowest BCUT2D eigenvalue weighted by atomic mass is 10.2. The van der Waals surface area contributed by atoms with Crippen LogP contribution in [0.4, 0.5) is 0 Å². The van der Waals surface area contributed by atoms with Crippen molar-refractivity contribution in [3.05, 3.63) is 59.3 Å². The molecule has 4 aromatic heterocycles. The molecule has 0 spiro atoms. The van der Waals surface area contributed by atoms with E-state index in [0.29, 0.717) is 0 Å². The van der Waals surface area contributed by atoms with Gasteiger partial charge >= 0.3 is 0 Å². The van der Waals surface area contributed by atoms with E-state index in [1.807, 2.05) is 45.3 Å². The van der Waals surface area contributed by atoms with Crippen molar-refractivity contribution >= 4 is 85.7 Å². The Labute approximate surface area is 154 Å². The average Bonchev–Trinajstić information content (AvgIpc) is 3.33. The molecule has 4 heteroatoms. The second-order valence-electron chi connectivity index (χ2n) is 5.92. The quantitative estimate of drug-likeness (QED) is 0.270. The van der Waals surface area contributed by atoms with E-state index < -0.39 is 0 Å². The van der Waals surface area contributed by atoms with Crippen molar-refractivity contribution < 1.29 is 0 Å². The summed E-state index contributed by atoms with van der Waals surface area (Å²) in [6, 6.07) is 18.5. The van der Waals surface area contributed by atoms with Crippen molar-refractivity contribution in [3.63, 3.8) is 0 Å². The lowest BCUT2D eigenvalue weighted by Gasteiger charge is -1.89. The van der Waals surface area contributed by atoms with Crippen LogP contribution in [-0.2, 0) is 0 Å². The Morgan fingerprint density at radius 1 is 0.458 bits per heavy atom. The number of benzene rings is 2. The highest BCUT2D eigenvalue weighted by Crippen LogP contribution is 2.42. The third-order valence-electron chi connectivity index (χ3n) is 4.43. The molecule has 0 bridgehead atoms. The van der Waals surface area contributed by atoms with Gasteiger partial charge in [-0.25, -0.2) is 0 Å². The summed E-state index contributed by atoms with van der Waals surface area (Å²) in [4.78, 5) is 2.76. The normalized spacial score (nSPS) is 12.2. The SMILES string of the molecule is c1cc2cc3sc(-c4cc5cc6sccc6cc5s4)cc3cc2s1. The Kier molecular flexibility index (Phi) is 2.77. The zero-order chi connectivity index (χ0) is 15.7. The molecule has 0 nitrogen and oxygen atoms in total. The molecule has 0 fully saturated rings. The Bertz CT molecular complexity index is 1150. The smallest absolute Gasteiger partial charge is 0.0455 e. The fourth-order valence-corrected chi connectivity index (χ4v) is 7.13. The van der Waals surface area contributed by atoms with Gasteiger partial charge in [0.1, 0.15) is 0 Å². The first kappa shape index (κ1) is 13.6. The molecule has 24 heavy (non-hydrogen) atoms. The molecule has 4 heterocycles. The fraction of sp³-hybridized carbons (Fsp3) is 0. The maximum atomic E-state index is 2.35. The first-order chi connectivity index (χ1) is 11.8. The zero-order valence-electron chi connectivity index (χ0n) is 12.4. The average molecular weight is 379 g/mol. The fourth-order valence-electron chi connectivity index (χ4n) is 3.23. The predicted molar refractivity (Wildman–Crippen MR) is 113 cm³/mol. The van der Waals surface area contributed by atoms with Crippen molar-refractivity contribution in [1.29, 1.82) is 0 Å². The van der Waals surface area contributed by atoms with Crippen molar-refractivity contribution in [2.45, 2.75) is 0 Å². The highest BCUT2D eigenvalue weighted by molar-refractivity contribution is 7.28. The van der Waals surface area contributed by atoms with Gasteiger partial charge in [0, 0.05) is 28.6 Å². The van der Waals surface area contributed by atoms with Crippen molar-refractivity contribution in [3.8, 4) is 9.75 Å². The Morgan fingerprint density at radius 2 is 0.917 bits per heavy atom. The van der Waals surface area contributed by atoms with Crippen LogP contribution < -0.4 is 0 Å². The van der Waals surface area contributed by atoms with Gasteiger partial charge in [0.25, 0.3) is 0 Å². The summed E-state index contributed by atoms with van der Waals surface area (Å²) in [6.45, 7) is 0. The van der Waals surface area contributed by atoms with Gasteiger partial charge < -0.3 is 0 Å². The summed E-state index contributed by atoms with van der Waals surface area (Å²) in [6.07, 6.45) is 0. The van der Waals surface area contributed by atoms with E-state index in [-0.39, 0.29) is 0 Å². The lowest BCUT2D eigenvalue weighted by Crippen LogP contribution is -1.62. The molecular formula is C20H10S4. The molecule has 0 radical (unpaired) electrons. The van der Waals surface area contributed by atoms with Gasteiger partial charge in [-0.1, -0.05) is 0 Å². The monoisotopic (exact) mass is 378 g/mol. The maximum absolute atomic E-state index is 2.35. The largest absolute Gasteiger partial charge is 0.144 e. The van der Waals surface area contributed by atoms with Crippen LogP contribution in [0.25, 0.3) is 50.1 Å². The van der Waals surface area contributed by atoms with E-state index in [4.69, 9.17) is 0 Å². The summed E-state index contributed by atoms with van der Waals surface area (Å²) >= 11 is 7.46. The number of hydrogen-bond acceptors (Lipinski definition) is 4. The van der Waals surface area contributed by atoms with Gasteiger partial charge in [-0.15, -0.1) is 45.3 Å². The van der Waals surface area contributed by atoms with Crippen LogP contribution in [-0.4, -0.2) is 0 Å². The topological polar surface area (TPSA) is 0 Å². The van der Waals surface area contributed by atoms with Crippen LogP contribution in [0.3, 0.4) is 0 Å². The summed E-state index contributed by atoms with van der Waals surface area (Å²) in [5.74, 6) is 0. The number of thiophene rings is 4. The molecule has 0 saturated carbocycles. The van der Waals surface area contributed by atoms with Crippen LogP contribution in [0.2, 0.25) is 0 Å². The molecular weight excluding hydrogens is 368 g/mol. The van der Waals surface area contributed by atoms with Gasteiger partial charge in [-0.2, -0.15) is 0 Å². The number of rotatable bonds is 1. The summed E-state index contributed by atoms with van der Waals surface area (Å²) in [5.41, 5.74) is 0. The van der Waals surface area contributed by atoms with Gasteiger partial charge in [0.2, 0.25) is 0 Å². The number of hydrogen-bond donors (Lipinski definition) is 0. The first-order valence-corrected chi connectivity index (χ1v) is 11.0. The minimum absolute atomic E-state index is 1.36. The minimum Gasteiger partial charge on any atom is -0.144 e. The molecule has 0 aliphatic heterocycles. The van der Waals surface area contributed by atoms with E-state index in [0.717, 1.165) is 0 Å². The van der Waals surface area contributed by atoms with Crippen LogP contribution in [0.5, 0.6) is 0 Å². The molecule has 0 aliphatic rings. The molecule has 6 aromatic rings. The van der Waals surface area contributed by atoms with E-state index >= 15 is 0 Å². The van der Waals surface area contributed by atoms with Crippen molar-refractivity contribution in [2.75, 3.05) is 0 Å². The predicted octanol–water partition coefficient (Wildman–Crippen LogP) is 8.21. The van der Waals surface area contributed by atoms with Crippen LogP contribution in [0.15, 0.2) is 59.3 Å². The molecule has 114 valence electrons.